The molecule has 0 aromatic heterocycles. The molecule has 0 aliphatic rings. The second-order valence-electron chi connectivity index (χ2n) is 6.55. The van der Waals surface area contributed by atoms with Crippen LogP contribution in [0.3, 0.4) is 0 Å². The third kappa shape index (κ3) is 5.66. The van der Waals surface area contributed by atoms with Crippen LogP contribution in [-0.4, -0.2) is 50.6 Å². The van der Waals surface area contributed by atoms with Crippen molar-refractivity contribution in [3.63, 3.8) is 0 Å². The molecule has 26 heavy (non-hydrogen) atoms. The van der Waals surface area contributed by atoms with E-state index in [4.69, 9.17) is 14.7 Å². The van der Waals surface area contributed by atoms with E-state index in [1.54, 1.807) is 32.2 Å². The number of rotatable bonds is 8. The highest BCUT2D eigenvalue weighted by molar-refractivity contribution is 5.98. The van der Waals surface area contributed by atoms with Gasteiger partial charge in [-0.15, -0.1) is 0 Å². The topological polar surface area (TPSA) is 91.7 Å². The Hall–Kier alpha value is -2.75. The Morgan fingerprint density at radius 3 is 2.12 bits per heavy atom. The minimum atomic E-state index is -0.699. The van der Waals surface area contributed by atoms with Crippen LogP contribution in [-0.2, 0) is 4.79 Å². The van der Waals surface area contributed by atoms with Gasteiger partial charge in [0.25, 0.3) is 5.91 Å². The predicted octanol–water partition coefficient (Wildman–Crippen LogP) is 2.08. The van der Waals surface area contributed by atoms with Crippen molar-refractivity contribution in [3.8, 4) is 17.6 Å². The van der Waals surface area contributed by atoms with E-state index in [1.165, 1.54) is 19.1 Å². The average molecular weight is 361 g/mol. The molecule has 2 atom stereocenters. The first-order chi connectivity index (χ1) is 12.2. The maximum Gasteiger partial charge on any atom is 0.252 e. The van der Waals surface area contributed by atoms with E-state index < -0.39 is 11.9 Å². The Morgan fingerprint density at radius 2 is 1.69 bits per heavy atom. The van der Waals surface area contributed by atoms with E-state index in [0.29, 0.717) is 23.6 Å². The van der Waals surface area contributed by atoms with Crippen molar-refractivity contribution in [2.45, 2.75) is 26.8 Å². The standard InChI is InChI=1S/C19H27N3O4/c1-12(2)17(19(24)22(4)11-13(3)10-20)21-18(23)14-7-15(25-5)9-16(8-14)26-6/h7-9,12-13,17H,11H2,1-6H3,(H,21,23)/t13-,17+/m1/s1. The van der Waals surface area contributed by atoms with E-state index in [0.717, 1.165) is 0 Å². The molecule has 1 aromatic carbocycles. The molecule has 0 aliphatic heterocycles. The van der Waals surface area contributed by atoms with Crippen LogP contribution in [0, 0.1) is 23.2 Å². The van der Waals surface area contributed by atoms with E-state index in [1.807, 2.05) is 13.8 Å². The zero-order valence-corrected chi connectivity index (χ0v) is 16.2. The minimum absolute atomic E-state index is 0.112. The molecule has 0 unspecified atom stereocenters. The average Bonchev–Trinajstić information content (AvgIpc) is 2.64. The van der Waals surface area contributed by atoms with Gasteiger partial charge in [-0.3, -0.25) is 9.59 Å². The SMILES string of the molecule is COc1cc(OC)cc(C(=O)N[C@H](C(=O)N(C)C[C@H](C)C#N)C(C)C)c1. The van der Waals surface area contributed by atoms with Crippen LogP contribution in [0.5, 0.6) is 11.5 Å². The molecule has 0 fully saturated rings. The highest BCUT2D eigenvalue weighted by Crippen LogP contribution is 2.22. The van der Waals surface area contributed by atoms with Crippen LogP contribution in [0.25, 0.3) is 0 Å². The predicted molar refractivity (Wildman–Crippen MR) is 98.1 cm³/mol. The molecule has 1 N–H and O–H groups in total. The summed E-state index contributed by atoms with van der Waals surface area (Å²) in [6.45, 7) is 5.77. The second kappa shape index (κ2) is 9.66. The Bertz CT molecular complexity index is 660. The van der Waals surface area contributed by atoms with Gasteiger partial charge in [-0.05, 0) is 25.0 Å². The quantitative estimate of drug-likeness (QED) is 0.765. The van der Waals surface area contributed by atoms with Gasteiger partial charge >= 0.3 is 0 Å². The summed E-state index contributed by atoms with van der Waals surface area (Å²) in [4.78, 5) is 26.8. The molecule has 7 heteroatoms. The number of carbonyl (C=O) groups is 2. The van der Waals surface area contributed by atoms with Gasteiger partial charge in [0.05, 0.1) is 26.2 Å². The summed E-state index contributed by atoms with van der Waals surface area (Å²) in [7, 11) is 4.64. The first kappa shape index (κ1) is 21.3. The third-order valence-electron chi connectivity index (χ3n) is 3.98. The van der Waals surface area contributed by atoms with Gasteiger partial charge in [-0.2, -0.15) is 5.26 Å². The van der Waals surface area contributed by atoms with Crippen LogP contribution in [0.1, 0.15) is 31.1 Å². The third-order valence-corrected chi connectivity index (χ3v) is 3.98. The van der Waals surface area contributed by atoms with Gasteiger partial charge in [-0.1, -0.05) is 13.8 Å². The normalized spacial score (nSPS) is 12.7. The van der Waals surface area contributed by atoms with Crippen molar-refractivity contribution in [3.05, 3.63) is 23.8 Å². The monoisotopic (exact) mass is 361 g/mol. The maximum absolute atomic E-state index is 12.7. The lowest BCUT2D eigenvalue weighted by molar-refractivity contribution is -0.133. The number of hydrogen-bond donors (Lipinski definition) is 1. The fraction of sp³-hybridized carbons (Fsp3) is 0.526. The number of methoxy groups -OCH3 is 2. The lowest BCUT2D eigenvalue weighted by Gasteiger charge is -2.27. The number of carbonyl (C=O) groups excluding carboxylic acids is 2. The molecule has 142 valence electrons. The molecule has 0 saturated heterocycles. The summed E-state index contributed by atoms with van der Waals surface area (Å²) < 4.78 is 10.4. The number of nitriles is 1. The lowest BCUT2D eigenvalue weighted by atomic mass is 10.0. The van der Waals surface area contributed by atoms with E-state index in [9.17, 15) is 9.59 Å². The highest BCUT2D eigenvalue weighted by Gasteiger charge is 2.28. The van der Waals surface area contributed by atoms with Gasteiger partial charge < -0.3 is 19.7 Å². The zero-order valence-electron chi connectivity index (χ0n) is 16.2. The van der Waals surface area contributed by atoms with Gasteiger partial charge in [-0.25, -0.2) is 0 Å². The molecule has 1 rings (SSSR count). The second-order valence-corrected chi connectivity index (χ2v) is 6.55. The van der Waals surface area contributed by atoms with Crippen molar-refractivity contribution in [2.75, 3.05) is 27.8 Å². The molecule has 0 radical (unpaired) electrons. The van der Waals surface area contributed by atoms with Crippen molar-refractivity contribution in [1.82, 2.24) is 10.2 Å². The molecule has 0 saturated carbocycles. The van der Waals surface area contributed by atoms with Crippen LogP contribution in [0.4, 0.5) is 0 Å². The number of nitrogens with zero attached hydrogens (tertiary/aromatic N) is 2. The summed E-state index contributed by atoms with van der Waals surface area (Å²) >= 11 is 0. The number of likely N-dealkylation sites (N-methyl/N-ethyl adjacent to an activating group) is 1. The molecule has 7 nitrogen and oxygen atoms in total. The summed E-state index contributed by atoms with van der Waals surface area (Å²) in [6, 6.07) is 6.24. The fourth-order valence-electron chi connectivity index (χ4n) is 2.46. The minimum Gasteiger partial charge on any atom is -0.497 e. The summed E-state index contributed by atoms with van der Waals surface area (Å²) in [5.74, 6) is -0.0426. The number of benzene rings is 1. The lowest BCUT2D eigenvalue weighted by Crippen LogP contribution is -2.50. The number of nitrogens with one attached hydrogen (secondary N) is 1. The van der Waals surface area contributed by atoms with E-state index >= 15 is 0 Å². The number of amides is 2. The van der Waals surface area contributed by atoms with Gasteiger partial charge in [0.15, 0.2) is 0 Å². The molecular weight excluding hydrogens is 334 g/mol. The van der Waals surface area contributed by atoms with E-state index in [-0.39, 0.29) is 17.7 Å². The Balaban J connectivity index is 2.98. The molecule has 1 aromatic rings. The van der Waals surface area contributed by atoms with Crippen LogP contribution in [0.15, 0.2) is 18.2 Å². The summed E-state index contributed by atoms with van der Waals surface area (Å²) in [5.41, 5.74) is 0.340. The van der Waals surface area contributed by atoms with Gasteiger partial charge in [0, 0.05) is 25.2 Å². The first-order valence-electron chi connectivity index (χ1n) is 8.42. The Labute approximate surface area is 154 Å². The van der Waals surface area contributed by atoms with Crippen LogP contribution >= 0.6 is 0 Å². The first-order valence-corrected chi connectivity index (χ1v) is 8.42. The summed E-state index contributed by atoms with van der Waals surface area (Å²) in [6.07, 6.45) is 0. The maximum atomic E-state index is 12.7. The van der Waals surface area contributed by atoms with Crippen molar-refractivity contribution in [2.24, 2.45) is 11.8 Å². The molecular formula is C19H27N3O4. The van der Waals surface area contributed by atoms with Gasteiger partial charge in [0.1, 0.15) is 17.5 Å². The molecule has 0 heterocycles. The van der Waals surface area contributed by atoms with Crippen molar-refractivity contribution < 1.29 is 19.1 Å². The van der Waals surface area contributed by atoms with Crippen molar-refractivity contribution in [1.29, 1.82) is 5.26 Å². The van der Waals surface area contributed by atoms with Gasteiger partial charge in [0.2, 0.25) is 5.91 Å². The molecule has 0 spiro atoms. The summed E-state index contributed by atoms with van der Waals surface area (Å²) in [5, 5.41) is 11.7. The van der Waals surface area contributed by atoms with Crippen LogP contribution in [0.2, 0.25) is 0 Å². The molecule has 0 bridgehead atoms. The fourth-order valence-corrected chi connectivity index (χ4v) is 2.46. The molecule has 2 amide bonds. The number of ether oxygens (including phenoxy) is 2. The Kier molecular flexibility index (Phi) is 7.91. The molecule has 0 aliphatic carbocycles. The van der Waals surface area contributed by atoms with E-state index in [2.05, 4.69) is 11.4 Å². The van der Waals surface area contributed by atoms with Crippen molar-refractivity contribution >= 4 is 11.8 Å². The van der Waals surface area contributed by atoms with Crippen LogP contribution < -0.4 is 14.8 Å². The smallest absolute Gasteiger partial charge is 0.252 e. The Morgan fingerprint density at radius 1 is 1.15 bits per heavy atom. The highest BCUT2D eigenvalue weighted by atomic mass is 16.5. The largest absolute Gasteiger partial charge is 0.497 e. The number of hydrogen-bond acceptors (Lipinski definition) is 5. The zero-order chi connectivity index (χ0) is 19.9.